The molecule has 2 heterocycles. The van der Waals surface area contributed by atoms with Crippen LogP contribution >= 0.6 is 11.6 Å². The van der Waals surface area contributed by atoms with E-state index in [4.69, 9.17) is 11.6 Å². The molecule has 0 fully saturated rings. The smallest absolute Gasteiger partial charge is 0.242 e. The maximum absolute atomic E-state index is 14.0. The van der Waals surface area contributed by atoms with Crippen molar-refractivity contribution in [1.29, 1.82) is 0 Å². The zero-order valence-electron chi connectivity index (χ0n) is 16.6. The first-order chi connectivity index (χ1) is 14.2. The van der Waals surface area contributed by atoms with Gasteiger partial charge >= 0.3 is 0 Å². The van der Waals surface area contributed by atoms with Crippen molar-refractivity contribution in [2.45, 2.75) is 11.8 Å². The molecule has 4 rings (SSSR count). The highest BCUT2D eigenvalue weighted by Gasteiger charge is 2.19. The van der Waals surface area contributed by atoms with Gasteiger partial charge in [-0.25, -0.2) is 22.1 Å². The van der Waals surface area contributed by atoms with Gasteiger partial charge in [0.1, 0.15) is 11.5 Å². The first-order valence-corrected chi connectivity index (χ1v) is 11.0. The van der Waals surface area contributed by atoms with E-state index in [0.29, 0.717) is 11.2 Å². The van der Waals surface area contributed by atoms with Gasteiger partial charge in [0.2, 0.25) is 10.0 Å². The van der Waals surface area contributed by atoms with Crippen LogP contribution < -0.4 is 0 Å². The Hall–Kier alpha value is -2.74. The maximum Gasteiger partial charge on any atom is 0.242 e. The van der Waals surface area contributed by atoms with Gasteiger partial charge < -0.3 is 4.98 Å². The van der Waals surface area contributed by atoms with Crippen LogP contribution in [0.15, 0.2) is 59.8 Å². The Labute approximate surface area is 179 Å². The number of pyridine rings is 1. The third-order valence-electron chi connectivity index (χ3n) is 4.94. The van der Waals surface area contributed by atoms with E-state index in [0.717, 1.165) is 27.6 Å². The Bertz CT molecular complexity index is 1380. The summed E-state index contributed by atoms with van der Waals surface area (Å²) in [5.41, 5.74) is 4.19. The molecule has 0 bridgehead atoms. The number of aromatic nitrogens is 2. The normalized spacial score (nSPS) is 12.1. The van der Waals surface area contributed by atoms with Crippen molar-refractivity contribution in [3.8, 4) is 22.3 Å². The molecule has 2 aromatic carbocycles. The number of nitrogens with one attached hydrogen (secondary N) is 1. The molecule has 8 heteroatoms. The second kappa shape index (κ2) is 7.50. The summed E-state index contributed by atoms with van der Waals surface area (Å²) in [6, 6.07) is 11.7. The van der Waals surface area contributed by atoms with Crippen LogP contribution in [0.4, 0.5) is 4.39 Å². The predicted molar refractivity (Wildman–Crippen MR) is 118 cm³/mol. The molecule has 5 nitrogen and oxygen atoms in total. The van der Waals surface area contributed by atoms with Crippen LogP contribution in [0.25, 0.3) is 33.3 Å². The van der Waals surface area contributed by atoms with Crippen molar-refractivity contribution < 1.29 is 12.8 Å². The van der Waals surface area contributed by atoms with E-state index in [9.17, 15) is 12.8 Å². The fraction of sp³-hybridized carbons (Fsp3) is 0.136. The van der Waals surface area contributed by atoms with Crippen LogP contribution in [0, 0.1) is 12.7 Å². The van der Waals surface area contributed by atoms with Crippen molar-refractivity contribution in [1.82, 2.24) is 14.3 Å². The molecule has 0 aliphatic heterocycles. The lowest BCUT2D eigenvalue weighted by atomic mass is 10.0. The summed E-state index contributed by atoms with van der Waals surface area (Å²) in [7, 11) is -0.576. The monoisotopic (exact) mass is 443 g/mol. The topological polar surface area (TPSA) is 66.1 Å². The van der Waals surface area contributed by atoms with E-state index < -0.39 is 15.8 Å². The van der Waals surface area contributed by atoms with Crippen LogP contribution in [0.1, 0.15) is 5.56 Å². The van der Waals surface area contributed by atoms with E-state index in [1.54, 1.807) is 36.7 Å². The summed E-state index contributed by atoms with van der Waals surface area (Å²) in [6.45, 7) is 1.85. The number of H-pyrrole nitrogens is 1. The van der Waals surface area contributed by atoms with Crippen LogP contribution in [-0.4, -0.2) is 36.8 Å². The lowest BCUT2D eigenvalue weighted by Crippen LogP contribution is -2.22. The Morgan fingerprint density at radius 2 is 1.83 bits per heavy atom. The van der Waals surface area contributed by atoms with Gasteiger partial charge in [0.25, 0.3) is 0 Å². The minimum absolute atomic E-state index is 0.0405. The molecular weight excluding hydrogens is 425 g/mol. The number of aryl methyl sites for hydroxylation is 1. The molecule has 0 saturated heterocycles. The highest BCUT2D eigenvalue weighted by atomic mass is 35.5. The Morgan fingerprint density at radius 1 is 1.07 bits per heavy atom. The zero-order valence-corrected chi connectivity index (χ0v) is 18.1. The van der Waals surface area contributed by atoms with Gasteiger partial charge in [0, 0.05) is 48.6 Å². The standard InChI is InChI=1S/C22H19ClFN3O2S/c1-13-7-14(9-16(8-13)30(28,29)27(2)3)15-10-18-19(12-26-22(18)25-11-15)17-5-4-6-20(24)21(17)23/h4-12H,1-3H3,(H,25,26). The summed E-state index contributed by atoms with van der Waals surface area (Å²) in [4.78, 5) is 7.75. The van der Waals surface area contributed by atoms with Crippen molar-refractivity contribution >= 4 is 32.7 Å². The largest absolute Gasteiger partial charge is 0.346 e. The maximum atomic E-state index is 14.0. The van der Waals surface area contributed by atoms with Gasteiger partial charge in [-0.15, -0.1) is 0 Å². The van der Waals surface area contributed by atoms with Crippen molar-refractivity contribution in [3.05, 3.63) is 71.3 Å². The molecule has 4 aromatic rings. The van der Waals surface area contributed by atoms with E-state index in [2.05, 4.69) is 9.97 Å². The van der Waals surface area contributed by atoms with Gasteiger partial charge in [-0.2, -0.15) is 0 Å². The number of benzene rings is 2. The first kappa shape index (κ1) is 20.5. The molecule has 0 aliphatic rings. The summed E-state index contributed by atoms with van der Waals surface area (Å²) >= 11 is 6.18. The number of aromatic amines is 1. The number of rotatable bonds is 4. The molecule has 0 aliphatic carbocycles. The molecule has 154 valence electrons. The molecule has 30 heavy (non-hydrogen) atoms. The molecule has 1 N–H and O–H groups in total. The van der Waals surface area contributed by atoms with Crippen LogP contribution in [0.2, 0.25) is 5.02 Å². The predicted octanol–water partition coefficient (Wildman–Crippen LogP) is 5.25. The van der Waals surface area contributed by atoms with Crippen LogP contribution in [-0.2, 0) is 10.0 Å². The fourth-order valence-electron chi connectivity index (χ4n) is 3.37. The van der Waals surface area contributed by atoms with Crippen LogP contribution in [0.3, 0.4) is 0 Å². The Kier molecular flexibility index (Phi) is 5.13. The average Bonchev–Trinajstić information content (AvgIpc) is 3.12. The fourth-order valence-corrected chi connectivity index (χ4v) is 4.63. The Morgan fingerprint density at radius 3 is 2.57 bits per heavy atom. The number of halogens is 2. The van der Waals surface area contributed by atoms with Gasteiger partial charge in [-0.1, -0.05) is 29.8 Å². The summed E-state index contributed by atoms with van der Waals surface area (Å²) in [6.07, 6.45) is 3.41. The second-order valence-corrected chi connectivity index (χ2v) is 9.78. The van der Waals surface area contributed by atoms with Crippen molar-refractivity contribution in [3.63, 3.8) is 0 Å². The number of nitrogens with zero attached hydrogens (tertiary/aromatic N) is 2. The van der Waals surface area contributed by atoms with E-state index >= 15 is 0 Å². The lowest BCUT2D eigenvalue weighted by molar-refractivity contribution is 0.520. The Balaban J connectivity index is 1.90. The second-order valence-electron chi connectivity index (χ2n) is 7.25. The molecule has 0 atom stereocenters. The highest BCUT2D eigenvalue weighted by Crippen LogP contribution is 2.36. The van der Waals surface area contributed by atoms with Gasteiger partial charge in [-0.3, -0.25) is 0 Å². The number of hydrogen-bond acceptors (Lipinski definition) is 3. The van der Waals surface area contributed by atoms with Crippen LogP contribution in [0.5, 0.6) is 0 Å². The van der Waals surface area contributed by atoms with Gasteiger partial charge in [0.05, 0.1) is 9.92 Å². The molecule has 0 saturated carbocycles. The molecule has 0 radical (unpaired) electrons. The van der Waals surface area contributed by atoms with Gasteiger partial charge in [-0.05, 0) is 42.3 Å². The third-order valence-corrected chi connectivity index (χ3v) is 7.11. The first-order valence-electron chi connectivity index (χ1n) is 9.14. The number of fused-ring (bicyclic) bond motifs is 1. The van der Waals surface area contributed by atoms with Crippen molar-refractivity contribution in [2.24, 2.45) is 0 Å². The minimum atomic E-state index is -3.58. The summed E-state index contributed by atoms with van der Waals surface area (Å²) < 4.78 is 40.4. The molecular formula is C22H19ClFN3O2S. The lowest BCUT2D eigenvalue weighted by Gasteiger charge is -2.13. The number of hydrogen-bond donors (Lipinski definition) is 1. The third kappa shape index (κ3) is 3.49. The minimum Gasteiger partial charge on any atom is -0.346 e. The van der Waals surface area contributed by atoms with E-state index in [1.807, 2.05) is 19.1 Å². The SMILES string of the molecule is Cc1cc(-c2cnc3[nH]cc(-c4cccc(F)c4Cl)c3c2)cc(S(=O)(=O)N(C)C)c1. The number of sulfonamides is 1. The average molecular weight is 444 g/mol. The molecule has 0 amide bonds. The molecule has 0 unspecified atom stereocenters. The van der Waals surface area contributed by atoms with Crippen molar-refractivity contribution in [2.75, 3.05) is 14.1 Å². The quantitative estimate of drug-likeness (QED) is 0.468. The van der Waals surface area contributed by atoms with Gasteiger partial charge in [0.15, 0.2) is 0 Å². The zero-order chi connectivity index (χ0) is 21.6. The molecule has 2 aromatic heterocycles. The summed E-state index contributed by atoms with van der Waals surface area (Å²) in [5, 5.41) is 0.803. The van der Waals surface area contributed by atoms with E-state index in [1.165, 1.54) is 24.5 Å². The molecule has 0 spiro atoms. The summed E-state index contributed by atoms with van der Waals surface area (Å²) in [5.74, 6) is -0.496. The van der Waals surface area contributed by atoms with E-state index in [-0.39, 0.29) is 9.92 Å². The highest BCUT2D eigenvalue weighted by molar-refractivity contribution is 7.89.